The minimum atomic E-state index is 0. The molecule has 0 heterocycles. The Labute approximate surface area is 89.7 Å². The van der Waals surface area contributed by atoms with E-state index >= 15 is 0 Å². The Morgan fingerprint density at radius 2 is 2.09 bits per heavy atom. The molecule has 1 unspecified atom stereocenters. The monoisotopic (exact) mass is 152 g/mol. The van der Waals surface area contributed by atoms with Crippen molar-refractivity contribution in [1.29, 1.82) is 0 Å². The van der Waals surface area contributed by atoms with E-state index in [0.29, 0.717) is 5.92 Å². The smallest absolute Gasteiger partial charge is 0.227 e. The van der Waals surface area contributed by atoms with Crippen LogP contribution in [0.15, 0.2) is 48.1 Å². The number of hydrogen-bond acceptors (Lipinski definition) is 0. The van der Waals surface area contributed by atoms with Crippen LogP contribution in [-0.2, 0) is 0 Å². The zero-order valence-electron chi connectivity index (χ0n) is 6.70. The van der Waals surface area contributed by atoms with Gasteiger partial charge in [-0.25, -0.2) is 18.6 Å². The van der Waals surface area contributed by atoms with E-state index in [0.717, 1.165) is 0 Å². The second-order valence-electron chi connectivity index (χ2n) is 2.51. The second kappa shape index (κ2) is 4.01. The Kier molecular flexibility index (Phi) is 3.25. The van der Waals surface area contributed by atoms with E-state index in [-0.39, 0.29) is 29.6 Å². The molecule has 0 amide bonds. The summed E-state index contributed by atoms with van der Waals surface area (Å²) in [6.45, 7) is 0. The molecule has 1 atom stereocenters. The third-order valence-electron chi connectivity index (χ3n) is 1.82. The van der Waals surface area contributed by atoms with Gasteiger partial charge in [0.15, 0.2) is 0 Å². The van der Waals surface area contributed by atoms with Crippen LogP contribution < -0.4 is 29.6 Å². The predicted molar refractivity (Wildman–Crippen MR) is 43.3 cm³/mol. The van der Waals surface area contributed by atoms with Crippen LogP contribution in [0.3, 0.4) is 0 Å². The summed E-state index contributed by atoms with van der Waals surface area (Å²) in [7, 11) is 0. The number of hydrogen-bond donors (Lipinski definition) is 0. The topological polar surface area (TPSA) is 0 Å². The van der Waals surface area contributed by atoms with E-state index in [1.165, 1.54) is 5.57 Å². The predicted octanol–water partition coefficient (Wildman–Crippen LogP) is -0.567. The minimum absolute atomic E-state index is 0. The van der Waals surface area contributed by atoms with Gasteiger partial charge in [-0.05, 0) is 5.92 Å². The van der Waals surface area contributed by atoms with Gasteiger partial charge in [-0.1, -0.05) is 29.9 Å². The zero-order valence-corrected chi connectivity index (χ0v) is 8.70. The van der Waals surface area contributed by atoms with E-state index in [4.69, 9.17) is 0 Å². The average molecular weight is 152 g/mol. The van der Waals surface area contributed by atoms with Crippen molar-refractivity contribution in [3.63, 3.8) is 0 Å². The van der Waals surface area contributed by atoms with Gasteiger partial charge in [0.1, 0.15) is 0 Å². The van der Waals surface area contributed by atoms with Gasteiger partial charge in [-0.2, -0.15) is 0 Å². The molecule has 0 saturated carbocycles. The fourth-order valence-corrected chi connectivity index (χ4v) is 1.27. The van der Waals surface area contributed by atoms with Crippen molar-refractivity contribution >= 4 is 0 Å². The SMILES string of the molecule is C1=C[CH-]C2C=CC=CC2=C1.[Na+]. The summed E-state index contributed by atoms with van der Waals surface area (Å²) in [5.41, 5.74) is 1.39. The van der Waals surface area contributed by atoms with Gasteiger partial charge in [0.2, 0.25) is 0 Å². The van der Waals surface area contributed by atoms with E-state index < -0.39 is 0 Å². The van der Waals surface area contributed by atoms with Crippen LogP contribution in [0.1, 0.15) is 0 Å². The maximum absolute atomic E-state index is 2.20. The minimum Gasteiger partial charge on any atom is -0.227 e. The third-order valence-corrected chi connectivity index (χ3v) is 1.82. The molecule has 2 aliphatic rings. The second-order valence-corrected chi connectivity index (χ2v) is 2.51. The summed E-state index contributed by atoms with van der Waals surface area (Å²) in [5, 5.41) is 0. The summed E-state index contributed by atoms with van der Waals surface area (Å²) >= 11 is 0. The van der Waals surface area contributed by atoms with Gasteiger partial charge < -0.3 is 0 Å². The normalized spacial score (nSPS) is 24.7. The molecule has 0 saturated heterocycles. The van der Waals surface area contributed by atoms with Crippen molar-refractivity contribution in [2.24, 2.45) is 5.92 Å². The fourth-order valence-electron chi connectivity index (χ4n) is 1.27. The van der Waals surface area contributed by atoms with Gasteiger partial charge in [0.05, 0.1) is 0 Å². The number of allylic oxidation sites excluding steroid dienone is 8. The summed E-state index contributed by atoms with van der Waals surface area (Å²) in [6, 6.07) is 0. The molecule has 0 spiro atoms. The van der Waals surface area contributed by atoms with Gasteiger partial charge in [-0.3, -0.25) is 0 Å². The van der Waals surface area contributed by atoms with Crippen molar-refractivity contribution in [1.82, 2.24) is 0 Å². The van der Waals surface area contributed by atoms with E-state index in [1.807, 2.05) is 0 Å². The molecule has 0 aromatic heterocycles. The standard InChI is InChI=1S/C10H9.Na/c1-2-6-10-8-4-3-7-9(10)5-1;/h1-9H;/q-1;+1. The molecule has 0 N–H and O–H groups in total. The zero-order chi connectivity index (χ0) is 6.81. The van der Waals surface area contributed by atoms with Crippen LogP contribution in [-0.4, -0.2) is 0 Å². The Morgan fingerprint density at radius 3 is 2.91 bits per heavy atom. The van der Waals surface area contributed by atoms with Crippen LogP contribution in [0.5, 0.6) is 0 Å². The molecule has 0 nitrogen and oxygen atoms in total. The fraction of sp³-hybridized carbons (Fsp3) is 0.100. The molecule has 0 radical (unpaired) electrons. The van der Waals surface area contributed by atoms with E-state index in [9.17, 15) is 0 Å². The van der Waals surface area contributed by atoms with Gasteiger partial charge >= 0.3 is 29.6 Å². The van der Waals surface area contributed by atoms with Crippen molar-refractivity contribution < 1.29 is 29.6 Å². The van der Waals surface area contributed by atoms with Crippen molar-refractivity contribution in [2.75, 3.05) is 0 Å². The molecular formula is C10H9Na. The van der Waals surface area contributed by atoms with Crippen molar-refractivity contribution in [2.45, 2.75) is 0 Å². The van der Waals surface area contributed by atoms with Crippen LogP contribution in [0.2, 0.25) is 0 Å². The Bertz CT molecular complexity index is 244. The molecule has 1 heteroatoms. The first-order valence-corrected chi connectivity index (χ1v) is 3.53. The Morgan fingerprint density at radius 1 is 1.18 bits per heavy atom. The molecule has 0 fully saturated rings. The first kappa shape index (κ1) is 8.92. The first-order chi connectivity index (χ1) is 4.97. The summed E-state index contributed by atoms with van der Waals surface area (Å²) in [4.78, 5) is 0. The van der Waals surface area contributed by atoms with Crippen LogP contribution in [0.25, 0.3) is 0 Å². The quantitative estimate of drug-likeness (QED) is 0.322. The summed E-state index contributed by atoms with van der Waals surface area (Å²) in [5.74, 6) is 0.537. The molecule has 50 valence electrons. The van der Waals surface area contributed by atoms with E-state index in [1.54, 1.807) is 0 Å². The van der Waals surface area contributed by atoms with Crippen molar-refractivity contribution in [3.05, 3.63) is 54.5 Å². The molecule has 0 bridgehead atoms. The van der Waals surface area contributed by atoms with E-state index in [2.05, 4.69) is 49.0 Å². The maximum Gasteiger partial charge on any atom is 1.00 e. The first-order valence-electron chi connectivity index (χ1n) is 3.53. The molecule has 2 aliphatic carbocycles. The summed E-state index contributed by atoms with van der Waals surface area (Å²) < 4.78 is 0. The molecule has 0 aromatic carbocycles. The summed E-state index contributed by atoms with van der Waals surface area (Å²) in [6.07, 6.45) is 17.1. The largest absolute Gasteiger partial charge is 1.00 e. The molecule has 2 rings (SSSR count). The third kappa shape index (κ3) is 1.90. The molecular weight excluding hydrogens is 143 g/mol. The van der Waals surface area contributed by atoms with Crippen LogP contribution in [0.4, 0.5) is 0 Å². The maximum atomic E-state index is 2.20. The number of rotatable bonds is 0. The van der Waals surface area contributed by atoms with Crippen LogP contribution in [0, 0.1) is 12.3 Å². The van der Waals surface area contributed by atoms with Gasteiger partial charge in [0.25, 0.3) is 0 Å². The Hall–Kier alpha value is -0.170. The van der Waals surface area contributed by atoms with Crippen LogP contribution >= 0.6 is 0 Å². The molecule has 0 aromatic rings. The molecule has 11 heavy (non-hydrogen) atoms. The van der Waals surface area contributed by atoms with Crippen molar-refractivity contribution in [3.8, 4) is 0 Å². The Balaban J connectivity index is 0.000000605. The van der Waals surface area contributed by atoms with Gasteiger partial charge in [-0.15, -0.1) is 6.08 Å². The molecule has 0 aliphatic heterocycles. The van der Waals surface area contributed by atoms with Gasteiger partial charge in [0, 0.05) is 0 Å². The average Bonchev–Trinajstić information content (AvgIpc) is 2.05. The number of fused-ring (bicyclic) bond motifs is 1.